The predicted octanol–water partition coefficient (Wildman–Crippen LogP) is 1.58. The van der Waals surface area contributed by atoms with E-state index in [1.54, 1.807) is 6.92 Å². The molecule has 0 saturated carbocycles. The highest BCUT2D eigenvalue weighted by molar-refractivity contribution is 5.85. The van der Waals surface area contributed by atoms with Crippen molar-refractivity contribution >= 4 is 5.91 Å². The van der Waals surface area contributed by atoms with E-state index in [1.165, 1.54) is 11.8 Å². The number of nitriles is 1. The third kappa shape index (κ3) is 2.57. The van der Waals surface area contributed by atoms with Crippen LogP contribution in [0.25, 0.3) is 0 Å². The van der Waals surface area contributed by atoms with Gasteiger partial charge >= 0.3 is 6.18 Å². The van der Waals surface area contributed by atoms with Gasteiger partial charge in [-0.2, -0.15) is 18.4 Å². The lowest BCUT2D eigenvalue weighted by molar-refractivity contribution is -0.148. The lowest BCUT2D eigenvalue weighted by Gasteiger charge is -2.32. The smallest absolute Gasteiger partial charge is 0.332 e. The van der Waals surface area contributed by atoms with Gasteiger partial charge in [-0.15, -0.1) is 10.2 Å². The molecule has 6 nitrogen and oxygen atoms in total. The van der Waals surface area contributed by atoms with Crippen LogP contribution in [0.15, 0.2) is 0 Å². The Labute approximate surface area is 119 Å². The van der Waals surface area contributed by atoms with Crippen LogP contribution in [0.2, 0.25) is 0 Å². The first kappa shape index (κ1) is 15.3. The second-order valence-electron chi connectivity index (χ2n) is 5.11. The van der Waals surface area contributed by atoms with E-state index in [4.69, 9.17) is 5.26 Å². The summed E-state index contributed by atoms with van der Waals surface area (Å²) in [6.07, 6.45) is -4.23. The van der Waals surface area contributed by atoms with E-state index < -0.39 is 23.3 Å². The molecule has 2 rings (SSSR count). The summed E-state index contributed by atoms with van der Waals surface area (Å²) in [5, 5.41) is 15.8. The number of halogens is 3. The molecule has 1 amide bonds. The first-order chi connectivity index (χ1) is 9.73. The standard InChI is InChI=1S/C12H14F3N5O/c1-3-11(2,7-16)10(21)19-4-5-20-8(6-19)17-18-9(20)12(13,14)15/h3-6H2,1-2H3. The number of alkyl halides is 3. The van der Waals surface area contributed by atoms with Crippen molar-refractivity contribution in [2.24, 2.45) is 5.41 Å². The molecule has 9 heteroatoms. The zero-order valence-electron chi connectivity index (χ0n) is 11.6. The molecule has 0 N–H and O–H groups in total. The van der Waals surface area contributed by atoms with E-state index in [9.17, 15) is 18.0 Å². The zero-order chi connectivity index (χ0) is 15.8. The lowest BCUT2D eigenvalue weighted by Crippen LogP contribution is -2.45. The Hall–Kier alpha value is -2.11. The molecule has 0 bridgehead atoms. The van der Waals surface area contributed by atoms with Crippen molar-refractivity contribution in [3.8, 4) is 6.07 Å². The number of nitrogens with zero attached hydrogens (tertiary/aromatic N) is 5. The molecule has 0 saturated heterocycles. The van der Waals surface area contributed by atoms with Crippen molar-refractivity contribution in [2.45, 2.75) is 39.5 Å². The number of carbonyl (C=O) groups excluding carboxylic acids is 1. The summed E-state index contributed by atoms with van der Waals surface area (Å²) in [5.74, 6) is -1.36. The SMILES string of the molecule is CCC(C)(C#N)C(=O)N1CCn2c(nnc2C(F)(F)F)C1. The second-order valence-corrected chi connectivity index (χ2v) is 5.11. The highest BCUT2D eigenvalue weighted by Gasteiger charge is 2.42. The minimum atomic E-state index is -4.57. The fourth-order valence-electron chi connectivity index (χ4n) is 2.17. The summed E-state index contributed by atoms with van der Waals surface area (Å²) in [5.41, 5.74) is -1.17. The molecule has 1 aromatic heterocycles. The molecule has 1 atom stereocenters. The quantitative estimate of drug-likeness (QED) is 0.831. The minimum absolute atomic E-state index is 0.0336. The average molecular weight is 301 g/mol. The molecule has 0 fully saturated rings. The second kappa shape index (κ2) is 5.02. The van der Waals surface area contributed by atoms with Crippen molar-refractivity contribution in [3.05, 3.63) is 11.6 Å². The summed E-state index contributed by atoms with van der Waals surface area (Å²) < 4.78 is 39.1. The van der Waals surface area contributed by atoms with Gasteiger partial charge in [-0.3, -0.25) is 4.79 Å². The summed E-state index contributed by atoms with van der Waals surface area (Å²) in [6.45, 7) is 3.24. The Bertz CT molecular complexity index is 603. The maximum atomic E-state index is 12.7. The molecule has 1 aromatic rings. The van der Waals surface area contributed by atoms with Crippen LogP contribution in [0.3, 0.4) is 0 Å². The van der Waals surface area contributed by atoms with Crippen LogP contribution in [0.5, 0.6) is 0 Å². The molecule has 2 heterocycles. The summed E-state index contributed by atoms with van der Waals surface area (Å²) in [4.78, 5) is 13.7. The highest BCUT2D eigenvalue weighted by Crippen LogP contribution is 2.30. The van der Waals surface area contributed by atoms with E-state index in [2.05, 4.69) is 10.2 Å². The Morgan fingerprint density at radius 1 is 1.38 bits per heavy atom. The van der Waals surface area contributed by atoms with Crippen molar-refractivity contribution in [3.63, 3.8) is 0 Å². The number of carbonyl (C=O) groups is 1. The normalized spacial score (nSPS) is 17.8. The van der Waals surface area contributed by atoms with Crippen LogP contribution in [0.1, 0.15) is 31.9 Å². The van der Waals surface area contributed by atoms with E-state index in [1.807, 2.05) is 6.07 Å². The molecule has 1 aliphatic rings. The Morgan fingerprint density at radius 2 is 2.05 bits per heavy atom. The minimum Gasteiger partial charge on any atom is -0.332 e. The molecular formula is C12H14F3N5O. The van der Waals surface area contributed by atoms with Gasteiger partial charge in [0.2, 0.25) is 11.7 Å². The van der Waals surface area contributed by atoms with Crippen LogP contribution >= 0.6 is 0 Å². The number of hydrogen-bond acceptors (Lipinski definition) is 4. The summed E-state index contributed by atoms with van der Waals surface area (Å²) in [7, 11) is 0. The van der Waals surface area contributed by atoms with Gasteiger partial charge in [-0.05, 0) is 13.3 Å². The largest absolute Gasteiger partial charge is 0.451 e. The van der Waals surface area contributed by atoms with Gasteiger partial charge in [-0.25, -0.2) is 0 Å². The fourth-order valence-corrected chi connectivity index (χ4v) is 2.17. The first-order valence-corrected chi connectivity index (χ1v) is 6.43. The number of amides is 1. The molecular weight excluding hydrogens is 287 g/mol. The molecule has 1 aliphatic heterocycles. The maximum Gasteiger partial charge on any atom is 0.451 e. The van der Waals surface area contributed by atoms with Gasteiger partial charge in [0.25, 0.3) is 0 Å². The Morgan fingerprint density at radius 3 is 2.57 bits per heavy atom. The third-order valence-corrected chi connectivity index (χ3v) is 3.72. The Kier molecular flexibility index (Phi) is 3.65. The van der Waals surface area contributed by atoms with Gasteiger partial charge in [0.1, 0.15) is 5.41 Å². The number of hydrogen-bond donors (Lipinski definition) is 0. The summed E-state index contributed by atoms with van der Waals surface area (Å²) >= 11 is 0. The van der Waals surface area contributed by atoms with Gasteiger partial charge < -0.3 is 9.47 Å². The van der Waals surface area contributed by atoms with E-state index in [0.29, 0.717) is 6.42 Å². The molecule has 114 valence electrons. The Balaban J connectivity index is 2.24. The molecule has 1 unspecified atom stereocenters. The van der Waals surface area contributed by atoms with Gasteiger partial charge in [0.15, 0.2) is 5.82 Å². The average Bonchev–Trinajstić information content (AvgIpc) is 2.88. The van der Waals surface area contributed by atoms with Crippen LogP contribution in [-0.4, -0.2) is 32.1 Å². The predicted molar refractivity (Wildman–Crippen MR) is 64.5 cm³/mol. The topological polar surface area (TPSA) is 74.8 Å². The van der Waals surface area contributed by atoms with E-state index in [-0.39, 0.29) is 25.5 Å². The van der Waals surface area contributed by atoms with Crippen LogP contribution < -0.4 is 0 Å². The lowest BCUT2D eigenvalue weighted by atomic mass is 9.87. The first-order valence-electron chi connectivity index (χ1n) is 6.43. The van der Waals surface area contributed by atoms with Crippen LogP contribution in [-0.2, 0) is 24.1 Å². The molecule has 0 spiro atoms. The van der Waals surface area contributed by atoms with E-state index >= 15 is 0 Å². The summed E-state index contributed by atoms with van der Waals surface area (Å²) in [6, 6.07) is 1.96. The number of fused-ring (bicyclic) bond motifs is 1. The zero-order valence-corrected chi connectivity index (χ0v) is 11.6. The van der Waals surface area contributed by atoms with Gasteiger partial charge in [-0.1, -0.05) is 6.92 Å². The molecule has 21 heavy (non-hydrogen) atoms. The van der Waals surface area contributed by atoms with Gasteiger partial charge in [0, 0.05) is 13.1 Å². The van der Waals surface area contributed by atoms with Crippen molar-refractivity contribution in [2.75, 3.05) is 6.54 Å². The number of rotatable bonds is 2. The molecule has 0 aliphatic carbocycles. The van der Waals surface area contributed by atoms with Gasteiger partial charge in [0.05, 0.1) is 12.6 Å². The third-order valence-electron chi connectivity index (χ3n) is 3.72. The van der Waals surface area contributed by atoms with Crippen LogP contribution in [0.4, 0.5) is 13.2 Å². The van der Waals surface area contributed by atoms with Crippen molar-refractivity contribution in [1.82, 2.24) is 19.7 Å². The molecule has 0 aromatic carbocycles. The van der Waals surface area contributed by atoms with E-state index in [0.717, 1.165) is 4.57 Å². The monoisotopic (exact) mass is 301 g/mol. The highest BCUT2D eigenvalue weighted by atomic mass is 19.4. The van der Waals surface area contributed by atoms with Crippen molar-refractivity contribution in [1.29, 1.82) is 5.26 Å². The number of aromatic nitrogens is 3. The van der Waals surface area contributed by atoms with Crippen LogP contribution in [0, 0.1) is 16.7 Å². The fraction of sp³-hybridized carbons (Fsp3) is 0.667. The molecule has 0 radical (unpaired) electrons. The van der Waals surface area contributed by atoms with Crippen molar-refractivity contribution < 1.29 is 18.0 Å². The maximum absolute atomic E-state index is 12.7.